The summed E-state index contributed by atoms with van der Waals surface area (Å²) < 4.78 is 17.8. The molecule has 0 fully saturated rings. The summed E-state index contributed by atoms with van der Waals surface area (Å²) >= 11 is 0. The van der Waals surface area contributed by atoms with Gasteiger partial charge in [0.2, 0.25) is 5.95 Å². The fourth-order valence-corrected chi connectivity index (χ4v) is 1.16. The number of amides is 1. The number of halogens is 1. The molecule has 5 nitrogen and oxygen atoms in total. The molecule has 0 saturated carbocycles. The van der Waals surface area contributed by atoms with Crippen LogP contribution in [0.25, 0.3) is 0 Å². The predicted molar refractivity (Wildman–Crippen MR) is 62.4 cm³/mol. The molecule has 1 aromatic rings. The van der Waals surface area contributed by atoms with Gasteiger partial charge in [0, 0.05) is 0 Å². The number of nitrogens with zero attached hydrogens (tertiary/aromatic N) is 1. The maximum Gasteiger partial charge on any atom is 0.325 e. The molecule has 0 bridgehead atoms. The van der Waals surface area contributed by atoms with Crippen molar-refractivity contribution >= 4 is 11.9 Å². The molecule has 0 aliphatic carbocycles. The minimum atomic E-state index is -0.750. The Kier molecular flexibility index (Phi) is 4.36. The quantitative estimate of drug-likeness (QED) is 0.652. The third-order valence-electron chi connectivity index (χ3n) is 1.76. The van der Waals surface area contributed by atoms with Gasteiger partial charge in [-0.2, -0.15) is 4.39 Å². The molecular formula is C12H15FN2O3. The fraction of sp³-hybridized carbons (Fsp3) is 0.417. The number of hydrogen-bond donors (Lipinski definition) is 1. The van der Waals surface area contributed by atoms with Gasteiger partial charge in [-0.3, -0.25) is 9.59 Å². The van der Waals surface area contributed by atoms with Crippen LogP contribution in [0.4, 0.5) is 4.39 Å². The van der Waals surface area contributed by atoms with Gasteiger partial charge >= 0.3 is 5.97 Å². The first-order chi connectivity index (χ1) is 8.28. The zero-order chi connectivity index (χ0) is 13.8. The van der Waals surface area contributed by atoms with Gasteiger partial charge in [0.15, 0.2) is 0 Å². The highest BCUT2D eigenvalue weighted by Crippen LogP contribution is 2.06. The lowest BCUT2D eigenvalue weighted by molar-refractivity contribution is -0.153. The smallest absolute Gasteiger partial charge is 0.325 e. The van der Waals surface area contributed by atoms with Crippen LogP contribution in [0.3, 0.4) is 0 Å². The molecule has 1 amide bonds. The summed E-state index contributed by atoms with van der Waals surface area (Å²) in [5.74, 6) is -1.94. The molecule has 1 N–H and O–H groups in total. The number of carbonyl (C=O) groups is 2. The monoisotopic (exact) mass is 254 g/mol. The third kappa shape index (κ3) is 4.90. The van der Waals surface area contributed by atoms with E-state index in [0.717, 1.165) is 6.07 Å². The van der Waals surface area contributed by atoms with Crippen LogP contribution in [0.15, 0.2) is 18.2 Å². The van der Waals surface area contributed by atoms with Crippen molar-refractivity contribution in [3.63, 3.8) is 0 Å². The number of esters is 1. The number of carbonyl (C=O) groups excluding carboxylic acids is 2. The number of hydrogen-bond acceptors (Lipinski definition) is 4. The molecule has 18 heavy (non-hydrogen) atoms. The van der Waals surface area contributed by atoms with Crippen LogP contribution in [0, 0.1) is 5.95 Å². The summed E-state index contributed by atoms with van der Waals surface area (Å²) in [5.41, 5.74) is -0.697. The normalized spacial score (nSPS) is 10.9. The number of aromatic nitrogens is 1. The Morgan fingerprint density at radius 1 is 1.39 bits per heavy atom. The maximum atomic E-state index is 12.8. The van der Waals surface area contributed by atoms with Crippen molar-refractivity contribution in [2.75, 3.05) is 6.54 Å². The average Bonchev–Trinajstić information content (AvgIpc) is 2.23. The highest BCUT2D eigenvalue weighted by molar-refractivity contribution is 5.94. The van der Waals surface area contributed by atoms with Gasteiger partial charge in [-0.15, -0.1) is 0 Å². The van der Waals surface area contributed by atoms with Crippen molar-refractivity contribution in [2.45, 2.75) is 26.4 Å². The molecule has 98 valence electrons. The highest BCUT2D eigenvalue weighted by Gasteiger charge is 2.17. The third-order valence-corrected chi connectivity index (χ3v) is 1.76. The molecule has 0 saturated heterocycles. The lowest BCUT2D eigenvalue weighted by Gasteiger charge is -2.19. The largest absolute Gasteiger partial charge is 0.459 e. The minimum absolute atomic E-state index is 0.0847. The van der Waals surface area contributed by atoms with E-state index in [-0.39, 0.29) is 12.2 Å². The highest BCUT2D eigenvalue weighted by atomic mass is 19.1. The van der Waals surface area contributed by atoms with Crippen molar-refractivity contribution in [3.05, 3.63) is 29.8 Å². The first-order valence-corrected chi connectivity index (χ1v) is 5.40. The molecule has 0 aliphatic heterocycles. The number of nitrogens with one attached hydrogen (secondary N) is 1. The van der Waals surface area contributed by atoms with Crippen molar-refractivity contribution in [1.29, 1.82) is 0 Å². The Morgan fingerprint density at radius 2 is 2.06 bits per heavy atom. The van der Waals surface area contributed by atoms with Crippen molar-refractivity contribution in [1.82, 2.24) is 10.3 Å². The van der Waals surface area contributed by atoms with Gasteiger partial charge in [-0.1, -0.05) is 6.07 Å². The molecule has 0 spiro atoms. The summed E-state index contributed by atoms with van der Waals surface area (Å²) in [6.45, 7) is 4.89. The van der Waals surface area contributed by atoms with Crippen LogP contribution in [0.2, 0.25) is 0 Å². The Balaban J connectivity index is 2.49. The van der Waals surface area contributed by atoms with Gasteiger partial charge in [0.05, 0.1) is 0 Å². The molecular weight excluding hydrogens is 239 g/mol. The lowest BCUT2D eigenvalue weighted by atomic mass is 10.2. The maximum absolute atomic E-state index is 12.8. The molecule has 0 aromatic carbocycles. The van der Waals surface area contributed by atoms with E-state index in [2.05, 4.69) is 10.3 Å². The standard InChI is InChI=1S/C12H15FN2O3/c1-12(2,3)18-10(16)7-14-11(17)8-5-4-6-9(13)15-8/h4-6H,7H2,1-3H3,(H,14,17). The molecule has 6 heteroatoms. The Labute approximate surface area is 104 Å². The number of rotatable bonds is 3. The van der Waals surface area contributed by atoms with Crippen LogP contribution >= 0.6 is 0 Å². The van der Waals surface area contributed by atoms with Gasteiger partial charge in [-0.25, -0.2) is 4.98 Å². The van der Waals surface area contributed by atoms with Crippen LogP contribution in [0.1, 0.15) is 31.3 Å². The molecule has 0 unspecified atom stereocenters. The van der Waals surface area contributed by atoms with E-state index in [1.54, 1.807) is 20.8 Å². The van der Waals surface area contributed by atoms with E-state index in [4.69, 9.17) is 4.74 Å². The van der Waals surface area contributed by atoms with E-state index in [0.29, 0.717) is 0 Å². The summed E-state index contributed by atoms with van der Waals surface area (Å²) in [7, 11) is 0. The van der Waals surface area contributed by atoms with E-state index < -0.39 is 23.4 Å². The molecule has 0 atom stereocenters. The second-order valence-electron chi connectivity index (χ2n) is 4.61. The second-order valence-corrected chi connectivity index (χ2v) is 4.61. The summed E-state index contributed by atoms with van der Waals surface area (Å²) in [4.78, 5) is 26.2. The van der Waals surface area contributed by atoms with E-state index >= 15 is 0 Å². The topological polar surface area (TPSA) is 68.3 Å². The zero-order valence-corrected chi connectivity index (χ0v) is 10.5. The van der Waals surface area contributed by atoms with Crippen LogP contribution in [0.5, 0.6) is 0 Å². The second kappa shape index (κ2) is 5.57. The van der Waals surface area contributed by atoms with Crippen molar-refractivity contribution in [3.8, 4) is 0 Å². The summed E-state index contributed by atoms with van der Waals surface area (Å²) in [5, 5.41) is 2.31. The number of pyridine rings is 1. The lowest BCUT2D eigenvalue weighted by Crippen LogP contribution is -2.35. The Bertz CT molecular complexity index is 455. The summed E-state index contributed by atoms with van der Waals surface area (Å²) in [6.07, 6.45) is 0. The van der Waals surface area contributed by atoms with Gasteiger partial charge < -0.3 is 10.1 Å². The number of ether oxygens (including phenoxy) is 1. The molecule has 1 rings (SSSR count). The first-order valence-electron chi connectivity index (χ1n) is 5.40. The molecule has 0 aliphatic rings. The molecule has 1 heterocycles. The zero-order valence-electron chi connectivity index (χ0n) is 10.5. The van der Waals surface area contributed by atoms with Crippen molar-refractivity contribution < 1.29 is 18.7 Å². The molecule has 1 aromatic heterocycles. The van der Waals surface area contributed by atoms with Gasteiger partial charge in [0.1, 0.15) is 17.8 Å². The van der Waals surface area contributed by atoms with Crippen LogP contribution < -0.4 is 5.32 Å². The Hall–Kier alpha value is -1.98. The minimum Gasteiger partial charge on any atom is -0.459 e. The fourth-order valence-electron chi connectivity index (χ4n) is 1.16. The predicted octanol–water partition coefficient (Wildman–Crippen LogP) is 1.29. The SMILES string of the molecule is CC(C)(C)OC(=O)CNC(=O)c1cccc(F)n1. The van der Waals surface area contributed by atoms with Crippen molar-refractivity contribution in [2.24, 2.45) is 0 Å². The van der Waals surface area contributed by atoms with E-state index in [9.17, 15) is 14.0 Å². The average molecular weight is 254 g/mol. The Morgan fingerprint density at radius 3 is 2.61 bits per heavy atom. The molecule has 0 radical (unpaired) electrons. The van der Waals surface area contributed by atoms with E-state index in [1.807, 2.05) is 0 Å². The van der Waals surface area contributed by atoms with Crippen LogP contribution in [-0.4, -0.2) is 29.0 Å². The summed E-state index contributed by atoms with van der Waals surface area (Å²) in [6, 6.07) is 3.85. The van der Waals surface area contributed by atoms with Crippen LogP contribution in [-0.2, 0) is 9.53 Å². The first kappa shape index (κ1) is 14.1. The van der Waals surface area contributed by atoms with Gasteiger partial charge in [-0.05, 0) is 32.9 Å². The van der Waals surface area contributed by atoms with E-state index in [1.165, 1.54) is 12.1 Å². The van der Waals surface area contributed by atoms with Gasteiger partial charge in [0.25, 0.3) is 5.91 Å².